The molecular weight excluding hydrogens is 155 g/mol. The molecule has 1 aromatic carbocycles. The Bertz CT molecular complexity index is 230. The summed E-state index contributed by atoms with van der Waals surface area (Å²) in [6, 6.07) is 5.95. The monoisotopic (exact) mass is 167 g/mol. The van der Waals surface area contributed by atoms with Crippen molar-refractivity contribution in [3.8, 4) is 5.75 Å². The molecule has 0 fully saturated rings. The highest BCUT2D eigenvalue weighted by atomic mass is 19.1. The molecule has 1 rings (SSSR count). The van der Waals surface area contributed by atoms with Crippen LogP contribution in [0, 0.1) is 12.7 Å². The van der Waals surface area contributed by atoms with E-state index in [4.69, 9.17) is 4.74 Å². The summed E-state index contributed by atoms with van der Waals surface area (Å²) in [5.74, 6) is 0.415. The van der Waals surface area contributed by atoms with Crippen LogP contribution in [0.2, 0.25) is 0 Å². The summed E-state index contributed by atoms with van der Waals surface area (Å²) in [6.45, 7) is 5.75. The van der Waals surface area contributed by atoms with Crippen LogP contribution in [0.5, 0.6) is 5.75 Å². The number of hydrogen-bond donors (Lipinski definition) is 0. The Balaban J connectivity index is 2.58. The third kappa shape index (κ3) is 2.53. The Kier molecular flexibility index (Phi) is 3.09. The molecular formula is C10H12FO. The minimum atomic E-state index is -0.250. The van der Waals surface area contributed by atoms with Crippen molar-refractivity contribution in [2.45, 2.75) is 19.4 Å². The molecule has 1 aromatic rings. The molecule has 0 N–H and O–H groups in total. The lowest BCUT2D eigenvalue weighted by Crippen LogP contribution is -2.09. The fraction of sp³-hybridized carbons (Fsp3) is 0.300. The van der Waals surface area contributed by atoms with Crippen LogP contribution < -0.4 is 4.74 Å². The van der Waals surface area contributed by atoms with Crippen molar-refractivity contribution < 1.29 is 9.13 Å². The summed E-state index contributed by atoms with van der Waals surface area (Å²) in [5, 5.41) is 0. The third-order valence-corrected chi connectivity index (χ3v) is 1.57. The molecule has 0 heterocycles. The molecule has 1 unspecified atom stereocenters. The summed E-state index contributed by atoms with van der Waals surface area (Å²) in [4.78, 5) is 0. The first-order valence-electron chi connectivity index (χ1n) is 3.97. The number of benzene rings is 1. The van der Waals surface area contributed by atoms with Crippen LogP contribution in [0.4, 0.5) is 4.39 Å². The molecule has 0 saturated heterocycles. The van der Waals surface area contributed by atoms with Gasteiger partial charge in [0.05, 0.1) is 6.10 Å². The van der Waals surface area contributed by atoms with Crippen molar-refractivity contribution in [1.29, 1.82) is 0 Å². The topological polar surface area (TPSA) is 9.23 Å². The standard InChI is InChI=1S/C10H12FO/c1-3-8(2)12-10-6-4-9(11)5-7-10/h4-8H,2-3H2,1H3. The smallest absolute Gasteiger partial charge is 0.123 e. The second-order valence-electron chi connectivity index (χ2n) is 2.60. The van der Waals surface area contributed by atoms with Gasteiger partial charge in [-0.25, -0.2) is 4.39 Å². The zero-order chi connectivity index (χ0) is 8.97. The lowest BCUT2D eigenvalue weighted by molar-refractivity contribution is 0.242. The highest BCUT2D eigenvalue weighted by Crippen LogP contribution is 2.13. The Labute approximate surface area is 72.2 Å². The van der Waals surface area contributed by atoms with Gasteiger partial charge < -0.3 is 4.74 Å². The first-order chi connectivity index (χ1) is 5.72. The molecule has 0 saturated carbocycles. The molecule has 0 aliphatic rings. The minimum absolute atomic E-state index is 0.0598. The van der Waals surface area contributed by atoms with E-state index in [1.165, 1.54) is 12.1 Å². The third-order valence-electron chi connectivity index (χ3n) is 1.57. The Morgan fingerprint density at radius 2 is 2.00 bits per heavy atom. The first-order valence-corrected chi connectivity index (χ1v) is 3.97. The van der Waals surface area contributed by atoms with E-state index in [1.54, 1.807) is 12.1 Å². The van der Waals surface area contributed by atoms with Crippen LogP contribution in [-0.2, 0) is 0 Å². The molecule has 0 spiro atoms. The molecule has 0 aromatic heterocycles. The molecule has 0 aliphatic carbocycles. The molecule has 1 atom stereocenters. The van der Waals surface area contributed by atoms with E-state index in [-0.39, 0.29) is 11.9 Å². The number of rotatable bonds is 3. The predicted octanol–water partition coefficient (Wildman–Crippen LogP) is 2.82. The van der Waals surface area contributed by atoms with Gasteiger partial charge in [-0.15, -0.1) is 0 Å². The summed E-state index contributed by atoms with van der Waals surface area (Å²) in [7, 11) is 0. The Morgan fingerprint density at radius 3 is 2.50 bits per heavy atom. The first kappa shape index (κ1) is 9.04. The number of halogens is 1. The van der Waals surface area contributed by atoms with E-state index >= 15 is 0 Å². The van der Waals surface area contributed by atoms with Crippen molar-refractivity contribution in [3.05, 3.63) is 37.0 Å². The summed E-state index contributed by atoms with van der Waals surface area (Å²) in [6.07, 6.45) is 0.785. The lowest BCUT2D eigenvalue weighted by atomic mass is 10.3. The highest BCUT2D eigenvalue weighted by Gasteiger charge is 1.99. The normalized spacial score (nSPS) is 12.6. The van der Waals surface area contributed by atoms with Gasteiger partial charge in [0.1, 0.15) is 11.6 Å². The molecule has 0 bridgehead atoms. The average Bonchev–Trinajstić information content (AvgIpc) is 2.09. The van der Waals surface area contributed by atoms with Crippen molar-refractivity contribution in [1.82, 2.24) is 0 Å². The van der Waals surface area contributed by atoms with Gasteiger partial charge in [-0.2, -0.15) is 0 Å². The van der Waals surface area contributed by atoms with Crippen molar-refractivity contribution in [2.75, 3.05) is 0 Å². The quantitative estimate of drug-likeness (QED) is 0.672. The van der Waals surface area contributed by atoms with Gasteiger partial charge in [0, 0.05) is 0 Å². The van der Waals surface area contributed by atoms with Gasteiger partial charge in [-0.05, 0) is 37.6 Å². The molecule has 2 heteroatoms. The van der Waals surface area contributed by atoms with E-state index in [0.29, 0.717) is 5.75 Å². The zero-order valence-electron chi connectivity index (χ0n) is 7.09. The number of ether oxygens (including phenoxy) is 1. The van der Waals surface area contributed by atoms with E-state index in [1.807, 2.05) is 6.92 Å². The second kappa shape index (κ2) is 4.10. The van der Waals surface area contributed by atoms with Crippen molar-refractivity contribution in [2.24, 2.45) is 0 Å². The van der Waals surface area contributed by atoms with Gasteiger partial charge in [-0.1, -0.05) is 6.92 Å². The van der Waals surface area contributed by atoms with Crippen LogP contribution in [0.3, 0.4) is 0 Å². The van der Waals surface area contributed by atoms with Gasteiger partial charge in [-0.3, -0.25) is 0 Å². The summed E-state index contributed by atoms with van der Waals surface area (Å²) >= 11 is 0. The number of hydrogen-bond acceptors (Lipinski definition) is 1. The fourth-order valence-electron chi connectivity index (χ4n) is 0.789. The maximum atomic E-state index is 12.4. The average molecular weight is 167 g/mol. The van der Waals surface area contributed by atoms with Crippen molar-refractivity contribution in [3.63, 3.8) is 0 Å². The molecule has 0 aliphatic heterocycles. The van der Waals surface area contributed by atoms with E-state index in [0.717, 1.165) is 6.42 Å². The van der Waals surface area contributed by atoms with E-state index in [2.05, 4.69) is 6.92 Å². The lowest BCUT2D eigenvalue weighted by Gasteiger charge is -2.11. The van der Waals surface area contributed by atoms with Gasteiger partial charge in [0.2, 0.25) is 0 Å². The highest BCUT2D eigenvalue weighted by molar-refractivity contribution is 5.22. The van der Waals surface area contributed by atoms with Gasteiger partial charge in [0.15, 0.2) is 0 Å². The van der Waals surface area contributed by atoms with Crippen LogP contribution >= 0.6 is 0 Å². The van der Waals surface area contributed by atoms with E-state index < -0.39 is 0 Å². The second-order valence-corrected chi connectivity index (χ2v) is 2.60. The van der Waals surface area contributed by atoms with E-state index in [9.17, 15) is 4.39 Å². The van der Waals surface area contributed by atoms with Crippen LogP contribution in [0.15, 0.2) is 24.3 Å². The molecule has 12 heavy (non-hydrogen) atoms. The largest absolute Gasteiger partial charge is 0.490 e. The SMILES string of the molecule is [CH2]C(CC)Oc1ccc(F)cc1. The van der Waals surface area contributed by atoms with Crippen molar-refractivity contribution >= 4 is 0 Å². The van der Waals surface area contributed by atoms with Gasteiger partial charge in [0.25, 0.3) is 0 Å². The van der Waals surface area contributed by atoms with Crippen LogP contribution in [0.1, 0.15) is 13.3 Å². The Morgan fingerprint density at radius 1 is 1.42 bits per heavy atom. The minimum Gasteiger partial charge on any atom is -0.490 e. The van der Waals surface area contributed by atoms with Gasteiger partial charge >= 0.3 is 0 Å². The maximum Gasteiger partial charge on any atom is 0.123 e. The molecule has 65 valence electrons. The molecule has 1 radical (unpaired) electrons. The maximum absolute atomic E-state index is 12.4. The summed E-state index contributed by atoms with van der Waals surface area (Å²) in [5.41, 5.74) is 0. The zero-order valence-corrected chi connectivity index (χ0v) is 7.09. The summed E-state index contributed by atoms with van der Waals surface area (Å²) < 4.78 is 17.8. The van der Waals surface area contributed by atoms with Crippen LogP contribution in [-0.4, -0.2) is 6.10 Å². The van der Waals surface area contributed by atoms with Crippen LogP contribution in [0.25, 0.3) is 0 Å². The fourth-order valence-corrected chi connectivity index (χ4v) is 0.789. The predicted molar refractivity (Wildman–Crippen MR) is 46.5 cm³/mol. The Hall–Kier alpha value is -1.05. The molecule has 0 amide bonds. The molecule has 1 nitrogen and oxygen atoms in total.